The van der Waals surface area contributed by atoms with E-state index in [1.165, 1.54) is 30.3 Å². The van der Waals surface area contributed by atoms with E-state index in [-0.39, 0.29) is 17.2 Å². The van der Waals surface area contributed by atoms with E-state index < -0.39 is 16.1 Å². The molecule has 8 nitrogen and oxygen atoms in total. The fraction of sp³-hybridized carbons (Fsp3) is 0.105. The van der Waals surface area contributed by atoms with Crippen molar-refractivity contribution in [2.24, 2.45) is 0 Å². The summed E-state index contributed by atoms with van der Waals surface area (Å²) in [6, 6.07) is 11.9. The van der Waals surface area contributed by atoms with Gasteiger partial charge in [0, 0.05) is 6.07 Å². The second-order valence-electron chi connectivity index (χ2n) is 5.91. The van der Waals surface area contributed by atoms with Crippen molar-refractivity contribution in [1.29, 1.82) is 0 Å². The van der Waals surface area contributed by atoms with Gasteiger partial charge in [-0.15, -0.1) is 5.10 Å². The largest absolute Gasteiger partial charge is 0.319 e. The van der Waals surface area contributed by atoms with Crippen LogP contribution in [0.15, 0.2) is 53.7 Å². The molecule has 1 heterocycles. The monoisotopic (exact) mass is 413 g/mol. The number of aromatic nitrogens is 3. The molecule has 0 fully saturated rings. The molecule has 1 unspecified atom stereocenters. The Balaban J connectivity index is 1.61. The Morgan fingerprint density at radius 3 is 2.69 bits per heavy atom. The minimum absolute atomic E-state index is 0.132. The van der Waals surface area contributed by atoms with E-state index in [0.29, 0.717) is 11.0 Å². The van der Waals surface area contributed by atoms with Gasteiger partial charge in [-0.05, 0) is 36.8 Å². The first-order chi connectivity index (χ1) is 13.9. The van der Waals surface area contributed by atoms with Crippen LogP contribution in [0.25, 0.3) is 12.2 Å². The fourth-order valence-corrected chi connectivity index (χ4v) is 3.05. The lowest BCUT2D eigenvalue weighted by Gasteiger charge is -2.10. The first-order valence-electron chi connectivity index (χ1n) is 8.49. The summed E-state index contributed by atoms with van der Waals surface area (Å²) >= 11 is 1.11. The van der Waals surface area contributed by atoms with E-state index in [4.69, 9.17) is 0 Å². The second kappa shape index (κ2) is 9.11. The van der Waals surface area contributed by atoms with Crippen molar-refractivity contribution in [2.45, 2.75) is 17.3 Å². The van der Waals surface area contributed by atoms with Gasteiger partial charge in [-0.25, -0.2) is 9.37 Å². The number of rotatable bonds is 7. The van der Waals surface area contributed by atoms with Gasteiger partial charge in [-0.1, -0.05) is 42.1 Å². The number of thioether (sulfide) groups is 1. The summed E-state index contributed by atoms with van der Waals surface area (Å²) in [7, 11) is 0. The zero-order valence-corrected chi connectivity index (χ0v) is 16.0. The third-order valence-corrected chi connectivity index (χ3v) is 4.76. The molecule has 0 bridgehead atoms. The molecule has 3 aromatic rings. The molecule has 0 saturated heterocycles. The van der Waals surface area contributed by atoms with E-state index in [2.05, 4.69) is 20.5 Å². The van der Waals surface area contributed by atoms with E-state index >= 15 is 0 Å². The highest BCUT2D eigenvalue weighted by Crippen LogP contribution is 2.26. The second-order valence-corrected chi connectivity index (χ2v) is 7.22. The summed E-state index contributed by atoms with van der Waals surface area (Å²) in [5, 5.41) is 20.2. The number of nitro benzene ring substituents is 1. The molecule has 0 aliphatic rings. The van der Waals surface area contributed by atoms with Crippen molar-refractivity contribution in [3.05, 3.63) is 75.9 Å². The van der Waals surface area contributed by atoms with Gasteiger partial charge in [0.05, 0.1) is 10.2 Å². The molecular weight excluding hydrogens is 397 g/mol. The number of halogens is 1. The van der Waals surface area contributed by atoms with Crippen LogP contribution in [0.2, 0.25) is 0 Å². The Morgan fingerprint density at radius 1 is 1.24 bits per heavy atom. The molecule has 0 aliphatic carbocycles. The first kappa shape index (κ1) is 20.2. The van der Waals surface area contributed by atoms with Crippen LogP contribution in [0.4, 0.5) is 15.8 Å². The maximum Gasteiger partial charge on any atom is 0.292 e. The van der Waals surface area contributed by atoms with Crippen molar-refractivity contribution in [2.75, 3.05) is 5.32 Å². The first-order valence-corrected chi connectivity index (χ1v) is 9.37. The third kappa shape index (κ3) is 5.48. The number of nitro groups is 1. The zero-order valence-electron chi connectivity index (χ0n) is 15.2. The predicted molar refractivity (Wildman–Crippen MR) is 109 cm³/mol. The standard InChI is InChI=1S/C19H16FN5O3S/c1-12(18(26)21-15-4-2-3-5-16(15)25(27)28)29-19-22-17(23-24-19)11-8-13-6-9-14(20)10-7-13/h2-12H,1H3,(H,21,26)(H,22,23,24)/b11-8+. The molecule has 0 saturated carbocycles. The van der Waals surface area contributed by atoms with Crippen molar-refractivity contribution < 1.29 is 14.1 Å². The number of nitrogens with zero attached hydrogens (tertiary/aromatic N) is 3. The number of para-hydroxylation sites is 2. The molecule has 0 radical (unpaired) electrons. The lowest BCUT2D eigenvalue weighted by molar-refractivity contribution is -0.383. The Labute approximate surface area is 169 Å². The molecule has 1 amide bonds. The lowest BCUT2D eigenvalue weighted by atomic mass is 10.2. The molecule has 2 N–H and O–H groups in total. The van der Waals surface area contributed by atoms with E-state index in [1.54, 1.807) is 37.3 Å². The highest BCUT2D eigenvalue weighted by Gasteiger charge is 2.20. The Bertz CT molecular complexity index is 1050. The zero-order chi connectivity index (χ0) is 20.8. The van der Waals surface area contributed by atoms with E-state index in [1.807, 2.05) is 0 Å². The van der Waals surface area contributed by atoms with Gasteiger partial charge in [0.25, 0.3) is 5.69 Å². The lowest BCUT2D eigenvalue weighted by Crippen LogP contribution is -2.23. The van der Waals surface area contributed by atoms with Crippen LogP contribution in [0, 0.1) is 15.9 Å². The minimum Gasteiger partial charge on any atom is -0.319 e. The smallest absolute Gasteiger partial charge is 0.292 e. The van der Waals surface area contributed by atoms with Gasteiger partial charge in [-0.3, -0.25) is 20.0 Å². The number of anilines is 1. The normalized spacial score (nSPS) is 12.1. The van der Waals surface area contributed by atoms with Gasteiger partial charge in [0.15, 0.2) is 0 Å². The maximum absolute atomic E-state index is 12.9. The molecular formula is C19H16FN5O3S. The number of carbonyl (C=O) groups excluding carboxylic acids is 1. The molecule has 3 rings (SSSR count). The van der Waals surface area contributed by atoms with Gasteiger partial charge >= 0.3 is 0 Å². The van der Waals surface area contributed by atoms with Gasteiger partial charge in [0.2, 0.25) is 11.1 Å². The van der Waals surface area contributed by atoms with Gasteiger partial charge in [-0.2, -0.15) is 0 Å². The number of carbonyl (C=O) groups is 1. The maximum atomic E-state index is 12.9. The molecule has 1 aromatic heterocycles. The van der Waals surface area contributed by atoms with Crippen LogP contribution in [-0.4, -0.2) is 31.3 Å². The number of aromatic amines is 1. The molecule has 10 heteroatoms. The highest BCUT2D eigenvalue weighted by molar-refractivity contribution is 8.00. The van der Waals surface area contributed by atoms with Crippen molar-refractivity contribution in [3.63, 3.8) is 0 Å². The Morgan fingerprint density at radius 2 is 1.97 bits per heavy atom. The van der Waals surface area contributed by atoms with Crippen LogP contribution in [-0.2, 0) is 4.79 Å². The SMILES string of the molecule is CC(Sc1n[nH]c(/C=C/c2ccc(F)cc2)n1)C(=O)Nc1ccccc1[N+](=O)[O-]. The molecule has 2 aromatic carbocycles. The van der Waals surface area contributed by atoms with E-state index in [9.17, 15) is 19.3 Å². The Hall–Kier alpha value is -3.53. The van der Waals surface area contributed by atoms with Gasteiger partial charge < -0.3 is 5.32 Å². The number of hydrogen-bond acceptors (Lipinski definition) is 6. The minimum atomic E-state index is -0.584. The average Bonchev–Trinajstić information content (AvgIpc) is 3.15. The summed E-state index contributed by atoms with van der Waals surface area (Å²) in [5.41, 5.74) is 0.756. The molecule has 0 spiro atoms. The summed E-state index contributed by atoms with van der Waals surface area (Å²) in [6.45, 7) is 1.65. The number of benzene rings is 2. The van der Waals surface area contributed by atoms with Crippen LogP contribution in [0.1, 0.15) is 18.3 Å². The van der Waals surface area contributed by atoms with Crippen LogP contribution >= 0.6 is 11.8 Å². The number of H-pyrrole nitrogens is 1. The molecule has 1 atom stereocenters. The molecule has 0 aliphatic heterocycles. The number of hydrogen-bond donors (Lipinski definition) is 2. The molecule has 148 valence electrons. The van der Waals surface area contributed by atoms with Crippen molar-refractivity contribution in [3.8, 4) is 0 Å². The Kier molecular flexibility index (Phi) is 6.35. The molecule has 29 heavy (non-hydrogen) atoms. The summed E-state index contributed by atoms with van der Waals surface area (Å²) in [6.07, 6.45) is 3.43. The summed E-state index contributed by atoms with van der Waals surface area (Å²) in [5.74, 6) is -0.241. The fourth-order valence-electron chi connectivity index (χ4n) is 2.32. The van der Waals surface area contributed by atoms with Crippen molar-refractivity contribution >= 4 is 41.2 Å². The third-order valence-electron chi connectivity index (χ3n) is 3.80. The van der Waals surface area contributed by atoms with E-state index in [0.717, 1.165) is 17.3 Å². The highest BCUT2D eigenvalue weighted by atomic mass is 32.2. The van der Waals surface area contributed by atoms with Gasteiger partial charge in [0.1, 0.15) is 17.3 Å². The summed E-state index contributed by atoms with van der Waals surface area (Å²) in [4.78, 5) is 27.1. The predicted octanol–water partition coefficient (Wildman–Crippen LogP) is 4.14. The number of nitrogens with one attached hydrogen (secondary N) is 2. The summed E-state index contributed by atoms with van der Waals surface area (Å²) < 4.78 is 12.9. The van der Waals surface area contributed by atoms with Crippen molar-refractivity contribution in [1.82, 2.24) is 15.2 Å². The quantitative estimate of drug-likeness (QED) is 0.342. The topological polar surface area (TPSA) is 114 Å². The van der Waals surface area contributed by atoms with Crippen LogP contribution in [0.5, 0.6) is 0 Å². The van der Waals surface area contributed by atoms with Crippen LogP contribution in [0.3, 0.4) is 0 Å². The number of amides is 1. The van der Waals surface area contributed by atoms with Crippen LogP contribution < -0.4 is 5.32 Å². The average molecular weight is 413 g/mol.